The third-order valence-electron chi connectivity index (χ3n) is 4.61. The maximum atomic E-state index is 12.8. The topological polar surface area (TPSA) is 50.8 Å². The predicted molar refractivity (Wildman–Crippen MR) is 99.5 cm³/mol. The molecule has 2 atom stereocenters. The minimum atomic E-state index is -0.824. The van der Waals surface area contributed by atoms with E-state index in [1.54, 1.807) is 24.1 Å². The molecular weight excluding hydrogens is 408 g/mol. The molecule has 1 saturated heterocycles. The van der Waals surface area contributed by atoms with E-state index < -0.39 is 5.72 Å². The summed E-state index contributed by atoms with van der Waals surface area (Å²) >= 11 is 9.46. The summed E-state index contributed by atoms with van der Waals surface area (Å²) in [7, 11) is 1.60. The van der Waals surface area contributed by atoms with Crippen LogP contribution in [-0.2, 0) is 0 Å². The smallest absolute Gasteiger partial charge is 0.325 e. The zero-order chi connectivity index (χ0) is 17.8. The van der Waals surface area contributed by atoms with E-state index in [4.69, 9.17) is 21.1 Å². The van der Waals surface area contributed by atoms with Crippen LogP contribution in [0.1, 0.15) is 24.9 Å². The maximum absolute atomic E-state index is 12.8. The van der Waals surface area contributed by atoms with Gasteiger partial charge in [-0.25, -0.2) is 4.79 Å². The molecule has 2 aliphatic rings. The van der Waals surface area contributed by atoms with Crippen LogP contribution < -0.4 is 19.7 Å². The number of methoxy groups -OCH3 is 1. The molecule has 130 valence electrons. The van der Waals surface area contributed by atoms with E-state index in [1.165, 1.54) is 0 Å². The zero-order valence-electron chi connectivity index (χ0n) is 13.7. The Bertz CT molecular complexity index is 858. The van der Waals surface area contributed by atoms with Gasteiger partial charge < -0.3 is 14.8 Å². The summed E-state index contributed by atoms with van der Waals surface area (Å²) < 4.78 is 12.7. The number of nitrogens with zero attached hydrogens (tertiary/aromatic N) is 1. The van der Waals surface area contributed by atoms with E-state index in [0.29, 0.717) is 22.9 Å². The zero-order valence-corrected chi connectivity index (χ0v) is 16.0. The molecule has 0 unspecified atom stereocenters. The van der Waals surface area contributed by atoms with Crippen LogP contribution in [0.5, 0.6) is 11.5 Å². The highest BCUT2D eigenvalue weighted by Gasteiger charge is 2.50. The van der Waals surface area contributed by atoms with Crippen LogP contribution >= 0.6 is 27.5 Å². The quantitative estimate of drug-likeness (QED) is 0.749. The molecule has 7 heteroatoms. The minimum absolute atomic E-state index is 0.142. The van der Waals surface area contributed by atoms with Crippen LogP contribution in [0.4, 0.5) is 10.5 Å². The summed E-state index contributed by atoms with van der Waals surface area (Å²) in [6.45, 7) is 1.91. The standard InChI is InChI=1S/C18H16BrClN2O3/c1-18-9-14(13-7-10(19)8-15(24-2)16(13)25-18)21-17(23)22(18)12-5-3-11(20)4-6-12/h3-8,14H,9H2,1-2H3,(H,21,23)/t14-,18-/m1/s1. The highest BCUT2D eigenvalue weighted by atomic mass is 79.9. The molecule has 2 aliphatic heterocycles. The second-order valence-corrected chi connectivity index (χ2v) is 7.67. The number of urea groups is 1. The van der Waals surface area contributed by atoms with E-state index in [9.17, 15) is 4.79 Å². The Labute approximate surface area is 159 Å². The molecule has 5 nitrogen and oxygen atoms in total. The first-order chi connectivity index (χ1) is 11.9. The Balaban J connectivity index is 1.82. The molecule has 0 radical (unpaired) electrons. The Hall–Kier alpha value is -1.92. The van der Waals surface area contributed by atoms with Gasteiger partial charge in [-0.2, -0.15) is 0 Å². The highest BCUT2D eigenvalue weighted by molar-refractivity contribution is 9.10. The van der Waals surface area contributed by atoms with Crippen LogP contribution in [0.3, 0.4) is 0 Å². The molecule has 1 N–H and O–H groups in total. The summed E-state index contributed by atoms with van der Waals surface area (Å²) in [6, 6.07) is 10.6. The van der Waals surface area contributed by atoms with Gasteiger partial charge in [-0.3, -0.25) is 4.90 Å². The highest BCUT2D eigenvalue weighted by Crippen LogP contribution is 2.50. The molecule has 2 amide bonds. The molecule has 0 aliphatic carbocycles. The van der Waals surface area contributed by atoms with Crippen LogP contribution in [0, 0.1) is 0 Å². The molecule has 2 heterocycles. The van der Waals surface area contributed by atoms with Gasteiger partial charge in [0.1, 0.15) is 0 Å². The number of anilines is 1. The van der Waals surface area contributed by atoms with Crippen molar-refractivity contribution >= 4 is 39.2 Å². The van der Waals surface area contributed by atoms with Crippen molar-refractivity contribution < 1.29 is 14.3 Å². The van der Waals surface area contributed by atoms with Crippen molar-refractivity contribution in [1.29, 1.82) is 0 Å². The largest absolute Gasteiger partial charge is 0.493 e. The lowest BCUT2D eigenvalue weighted by atomic mass is 9.90. The van der Waals surface area contributed by atoms with Gasteiger partial charge in [0.2, 0.25) is 0 Å². The molecule has 2 aromatic carbocycles. The van der Waals surface area contributed by atoms with Crippen LogP contribution in [0.2, 0.25) is 5.02 Å². The number of carbonyl (C=O) groups is 1. The third-order valence-corrected chi connectivity index (χ3v) is 5.32. The van der Waals surface area contributed by atoms with Crippen molar-refractivity contribution in [2.75, 3.05) is 12.0 Å². The molecule has 4 rings (SSSR count). The van der Waals surface area contributed by atoms with E-state index >= 15 is 0 Å². The van der Waals surface area contributed by atoms with Gasteiger partial charge in [0, 0.05) is 27.2 Å². The van der Waals surface area contributed by atoms with E-state index in [0.717, 1.165) is 15.7 Å². The van der Waals surface area contributed by atoms with E-state index in [2.05, 4.69) is 21.2 Å². The number of amides is 2. The molecule has 0 aromatic heterocycles. The summed E-state index contributed by atoms with van der Waals surface area (Å²) in [5.41, 5.74) is 0.810. The number of benzene rings is 2. The number of fused-ring (bicyclic) bond motifs is 4. The molecule has 25 heavy (non-hydrogen) atoms. The predicted octanol–water partition coefficient (Wildman–Crippen LogP) is 4.88. The van der Waals surface area contributed by atoms with Gasteiger partial charge in [0.25, 0.3) is 0 Å². The number of halogens is 2. The van der Waals surface area contributed by atoms with Crippen LogP contribution in [0.15, 0.2) is 40.9 Å². The fraction of sp³-hybridized carbons (Fsp3) is 0.278. The number of carbonyl (C=O) groups excluding carboxylic acids is 1. The first-order valence-electron chi connectivity index (χ1n) is 7.84. The van der Waals surface area contributed by atoms with Gasteiger partial charge >= 0.3 is 6.03 Å². The molecule has 0 saturated carbocycles. The molecular formula is C18H16BrClN2O3. The molecule has 1 fully saturated rings. The monoisotopic (exact) mass is 422 g/mol. The Morgan fingerprint density at radius 1 is 1.36 bits per heavy atom. The lowest BCUT2D eigenvalue weighted by molar-refractivity contribution is 0.0349. The first kappa shape index (κ1) is 16.5. The first-order valence-corrected chi connectivity index (χ1v) is 9.01. The lowest BCUT2D eigenvalue weighted by Crippen LogP contribution is -2.65. The minimum Gasteiger partial charge on any atom is -0.493 e. The van der Waals surface area contributed by atoms with Crippen molar-refractivity contribution in [2.24, 2.45) is 0 Å². The number of nitrogens with one attached hydrogen (secondary N) is 1. The van der Waals surface area contributed by atoms with E-state index in [-0.39, 0.29) is 12.1 Å². The second kappa shape index (κ2) is 5.81. The van der Waals surface area contributed by atoms with Crippen molar-refractivity contribution in [3.8, 4) is 11.5 Å². The van der Waals surface area contributed by atoms with Gasteiger partial charge in [0.05, 0.1) is 13.2 Å². The van der Waals surface area contributed by atoms with E-state index in [1.807, 2.05) is 31.2 Å². The second-order valence-electron chi connectivity index (χ2n) is 6.32. The lowest BCUT2D eigenvalue weighted by Gasteiger charge is -2.50. The number of hydrogen-bond donors (Lipinski definition) is 1. The van der Waals surface area contributed by atoms with Gasteiger partial charge in [-0.15, -0.1) is 0 Å². The fourth-order valence-corrected chi connectivity index (χ4v) is 4.11. The van der Waals surface area contributed by atoms with Crippen molar-refractivity contribution in [3.05, 3.63) is 51.5 Å². The molecule has 2 aromatic rings. The average molecular weight is 424 g/mol. The normalized spacial score (nSPS) is 24.2. The summed E-state index contributed by atoms with van der Waals surface area (Å²) in [6.07, 6.45) is 0.619. The van der Waals surface area contributed by atoms with Crippen molar-refractivity contribution in [3.63, 3.8) is 0 Å². The summed E-state index contributed by atoms with van der Waals surface area (Å²) in [5.74, 6) is 1.29. The third kappa shape index (κ3) is 2.64. The summed E-state index contributed by atoms with van der Waals surface area (Å²) in [5, 5.41) is 3.68. The average Bonchev–Trinajstić information content (AvgIpc) is 2.56. The van der Waals surface area contributed by atoms with Gasteiger partial charge in [0.15, 0.2) is 17.2 Å². The Kier molecular flexibility index (Phi) is 3.85. The molecule has 2 bridgehead atoms. The Morgan fingerprint density at radius 2 is 2.08 bits per heavy atom. The fourth-order valence-electron chi connectivity index (χ4n) is 3.53. The number of hydrogen-bond acceptors (Lipinski definition) is 3. The van der Waals surface area contributed by atoms with Crippen LogP contribution in [-0.4, -0.2) is 18.9 Å². The maximum Gasteiger partial charge on any atom is 0.325 e. The Morgan fingerprint density at radius 3 is 2.76 bits per heavy atom. The van der Waals surface area contributed by atoms with Gasteiger partial charge in [-0.05, 0) is 43.3 Å². The van der Waals surface area contributed by atoms with Crippen molar-refractivity contribution in [1.82, 2.24) is 5.32 Å². The summed E-state index contributed by atoms with van der Waals surface area (Å²) in [4.78, 5) is 14.4. The number of rotatable bonds is 2. The number of ether oxygens (including phenoxy) is 2. The SMILES string of the molecule is COc1cc(Br)cc2c1O[C@]1(C)C[C@H]2NC(=O)N1c1ccc(Cl)cc1. The molecule has 0 spiro atoms. The van der Waals surface area contributed by atoms with Crippen LogP contribution in [0.25, 0.3) is 0 Å². The van der Waals surface area contributed by atoms with Gasteiger partial charge in [-0.1, -0.05) is 27.5 Å². The van der Waals surface area contributed by atoms with Crippen molar-refractivity contribution in [2.45, 2.75) is 25.1 Å².